The van der Waals surface area contributed by atoms with Crippen molar-refractivity contribution < 1.29 is 17.9 Å². The molecule has 25 heavy (non-hydrogen) atoms. The molecule has 4 rings (SSSR count). The van der Waals surface area contributed by atoms with E-state index in [1.165, 1.54) is 11.8 Å². The molecule has 2 aromatic rings. The van der Waals surface area contributed by atoms with Crippen molar-refractivity contribution in [1.29, 1.82) is 0 Å². The average molecular weight is 363 g/mol. The highest BCUT2D eigenvalue weighted by Crippen LogP contribution is 2.38. The molecule has 0 radical (unpaired) electrons. The molecule has 0 amide bonds. The molecule has 8 heteroatoms. The maximum atomic E-state index is 12.9. The van der Waals surface area contributed by atoms with Crippen LogP contribution in [0.2, 0.25) is 0 Å². The summed E-state index contributed by atoms with van der Waals surface area (Å²) in [5.74, 6) is 1.88. The van der Waals surface area contributed by atoms with Gasteiger partial charge in [0.05, 0.1) is 11.9 Å². The Balaban J connectivity index is 1.49. The lowest BCUT2D eigenvalue weighted by atomic mass is 9.90. The summed E-state index contributed by atoms with van der Waals surface area (Å²) in [5, 5.41) is 4.06. The van der Waals surface area contributed by atoms with Crippen molar-refractivity contribution in [2.24, 2.45) is 7.05 Å². The van der Waals surface area contributed by atoms with Crippen LogP contribution in [0.25, 0.3) is 0 Å². The minimum Gasteiger partial charge on any atom is -0.454 e. The van der Waals surface area contributed by atoms with Crippen molar-refractivity contribution in [3.05, 3.63) is 35.7 Å². The van der Waals surface area contributed by atoms with Gasteiger partial charge >= 0.3 is 0 Å². The number of sulfonamides is 1. The first-order valence-electron chi connectivity index (χ1n) is 8.35. The fourth-order valence-corrected chi connectivity index (χ4v) is 5.12. The van der Waals surface area contributed by atoms with Crippen molar-refractivity contribution in [3.63, 3.8) is 0 Å². The number of nitrogens with zero attached hydrogens (tertiary/aromatic N) is 3. The summed E-state index contributed by atoms with van der Waals surface area (Å²) in [6.07, 6.45) is 3.02. The Morgan fingerprint density at radius 3 is 2.56 bits per heavy atom. The third-order valence-electron chi connectivity index (χ3n) is 5.13. The number of rotatable bonds is 3. The Morgan fingerprint density at radius 2 is 1.88 bits per heavy atom. The molecule has 2 aliphatic rings. The van der Waals surface area contributed by atoms with Crippen molar-refractivity contribution >= 4 is 10.0 Å². The van der Waals surface area contributed by atoms with Gasteiger partial charge in [-0.25, -0.2) is 8.42 Å². The van der Waals surface area contributed by atoms with E-state index in [1.54, 1.807) is 23.0 Å². The molecule has 1 aromatic heterocycles. The summed E-state index contributed by atoms with van der Waals surface area (Å²) < 4.78 is 39.7. The van der Waals surface area contributed by atoms with Gasteiger partial charge in [-0.05, 0) is 43.4 Å². The summed E-state index contributed by atoms with van der Waals surface area (Å²) in [6.45, 7) is 3.06. The molecule has 1 saturated heterocycles. The van der Waals surface area contributed by atoms with Crippen molar-refractivity contribution in [2.45, 2.75) is 30.6 Å². The van der Waals surface area contributed by atoms with E-state index in [4.69, 9.17) is 9.47 Å². The molecule has 0 bridgehead atoms. The molecule has 1 aromatic carbocycles. The van der Waals surface area contributed by atoms with Gasteiger partial charge in [0, 0.05) is 20.1 Å². The maximum Gasteiger partial charge on any atom is 0.246 e. The summed E-state index contributed by atoms with van der Waals surface area (Å²) >= 11 is 0. The second kappa shape index (κ2) is 6.03. The standard InChI is InChI=1S/C17H21N3O4S/c1-12-17(10-18-19(12)2)25(21,22)20-7-5-13(6-8-20)14-3-4-15-16(9-14)24-11-23-15/h3-4,9-10,13H,5-8,11H2,1-2H3. The first kappa shape index (κ1) is 16.4. The Kier molecular flexibility index (Phi) is 3.96. The second-order valence-electron chi connectivity index (χ2n) is 6.51. The van der Waals surface area contributed by atoms with E-state index in [9.17, 15) is 8.42 Å². The molecular weight excluding hydrogens is 342 g/mol. The molecule has 0 unspecified atom stereocenters. The molecule has 7 nitrogen and oxygen atoms in total. The van der Waals surface area contributed by atoms with Gasteiger partial charge in [0.15, 0.2) is 11.5 Å². The van der Waals surface area contributed by atoms with Crippen LogP contribution in [-0.4, -0.2) is 42.4 Å². The lowest BCUT2D eigenvalue weighted by Gasteiger charge is -2.31. The van der Waals surface area contributed by atoms with Crippen LogP contribution in [0.4, 0.5) is 0 Å². The van der Waals surface area contributed by atoms with Crippen LogP contribution in [0.1, 0.15) is 30.0 Å². The van der Waals surface area contributed by atoms with Crippen LogP contribution in [0.3, 0.4) is 0 Å². The summed E-state index contributed by atoms with van der Waals surface area (Å²) in [7, 11) is -1.73. The lowest BCUT2D eigenvalue weighted by Crippen LogP contribution is -2.38. The molecular formula is C17H21N3O4S. The van der Waals surface area contributed by atoms with Crippen LogP contribution >= 0.6 is 0 Å². The second-order valence-corrected chi connectivity index (χ2v) is 8.42. The predicted octanol–water partition coefficient (Wildman–Crippen LogP) is 2.03. The Bertz CT molecular complexity index is 899. The van der Waals surface area contributed by atoms with E-state index >= 15 is 0 Å². The third kappa shape index (κ3) is 2.79. The molecule has 0 spiro atoms. The molecule has 0 N–H and O–H groups in total. The highest BCUT2D eigenvalue weighted by molar-refractivity contribution is 7.89. The molecule has 3 heterocycles. The quantitative estimate of drug-likeness (QED) is 0.834. The summed E-state index contributed by atoms with van der Waals surface area (Å²) in [4.78, 5) is 0.302. The number of hydrogen-bond donors (Lipinski definition) is 0. The minimum atomic E-state index is -3.48. The largest absolute Gasteiger partial charge is 0.454 e. The van der Waals surface area contributed by atoms with Crippen molar-refractivity contribution in [2.75, 3.05) is 19.9 Å². The SMILES string of the molecule is Cc1c(S(=O)(=O)N2CCC(c3ccc4c(c3)OCO4)CC2)cnn1C. The van der Waals surface area contributed by atoms with Crippen LogP contribution in [0.15, 0.2) is 29.3 Å². The highest BCUT2D eigenvalue weighted by atomic mass is 32.2. The molecule has 0 saturated carbocycles. The Morgan fingerprint density at radius 1 is 1.16 bits per heavy atom. The van der Waals surface area contributed by atoms with Crippen molar-refractivity contribution in [1.82, 2.24) is 14.1 Å². The van der Waals surface area contributed by atoms with Crippen LogP contribution in [0, 0.1) is 6.92 Å². The first-order chi connectivity index (χ1) is 12.0. The monoisotopic (exact) mass is 363 g/mol. The third-order valence-corrected chi connectivity index (χ3v) is 7.13. The molecule has 1 fully saturated rings. The number of benzene rings is 1. The number of fused-ring (bicyclic) bond motifs is 1. The number of ether oxygens (including phenoxy) is 2. The van der Waals surface area contributed by atoms with Gasteiger partial charge in [0.25, 0.3) is 0 Å². The number of hydrogen-bond acceptors (Lipinski definition) is 5. The number of aromatic nitrogens is 2. The van der Waals surface area contributed by atoms with Gasteiger partial charge in [-0.1, -0.05) is 6.07 Å². The van der Waals surface area contributed by atoms with Crippen LogP contribution < -0.4 is 9.47 Å². The van der Waals surface area contributed by atoms with Crippen LogP contribution in [-0.2, 0) is 17.1 Å². The Labute approximate surface area is 147 Å². The van der Waals surface area contributed by atoms with Crippen molar-refractivity contribution in [3.8, 4) is 11.5 Å². The normalized spacial score (nSPS) is 18.6. The molecule has 0 aliphatic carbocycles. The zero-order valence-electron chi connectivity index (χ0n) is 14.3. The Hall–Kier alpha value is -2.06. The zero-order chi connectivity index (χ0) is 17.6. The van der Waals surface area contributed by atoms with Gasteiger partial charge in [-0.2, -0.15) is 9.40 Å². The van der Waals surface area contributed by atoms with E-state index < -0.39 is 10.0 Å². The van der Waals surface area contributed by atoms with Gasteiger partial charge in [0.1, 0.15) is 4.90 Å². The fraction of sp³-hybridized carbons (Fsp3) is 0.471. The molecule has 134 valence electrons. The smallest absolute Gasteiger partial charge is 0.246 e. The van der Waals surface area contributed by atoms with E-state index in [1.807, 2.05) is 18.2 Å². The van der Waals surface area contributed by atoms with Gasteiger partial charge in [0.2, 0.25) is 16.8 Å². The van der Waals surface area contributed by atoms with Gasteiger partial charge in [-0.15, -0.1) is 0 Å². The average Bonchev–Trinajstić information content (AvgIpc) is 3.21. The van der Waals surface area contributed by atoms with Gasteiger partial charge in [-0.3, -0.25) is 4.68 Å². The fourth-order valence-electron chi connectivity index (χ4n) is 3.47. The predicted molar refractivity (Wildman–Crippen MR) is 91.2 cm³/mol. The minimum absolute atomic E-state index is 0.264. The molecule has 0 atom stereocenters. The first-order valence-corrected chi connectivity index (χ1v) is 9.79. The summed E-state index contributed by atoms with van der Waals surface area (Å²) in [6, 6.07) is 6.00. The van der Waals surface area contributed by atoms with Gasteiger partial charge < -0.3 is 9.47 Å². The maximum absolute atomic E-state index is 12.9. The highest BCUT2D eigenvalue weighted by Gasteiger charge is 2.32. The van der Waals surface area contributed by atoms with E-state index in [0.717, 1.165) is 24.3 Å². The zero-order valence-corrected chi connectivity index (χ0v) is 15.1. The lowest BCUT2D eigenvalue weighted by molar-refractivity contribution is 0.174. The number of aryl methyl sites for hydroxylation is 1. The topological polar surface area (TPSA) is 73.7 Å². The van der Waals surface area contributed by atoms with E-state index in [2.05, 4.69) is 5.10 Å². The van der Waals surface area contributed by atoms with E-state index in [-0.39, 0.29) is 6.79 Å². The summed E-state index contributed by atoms with van der Waals surface area (Å²) in [5.41, 5.74) is 1.84. The molecule has 2 aliphatic heterocycles. The van der Waals surface area contributed by atoms with E-state index in [0.29, 0.717) is 29.6 Å². The number of piperidine rings is 1. The van der Waals surface area contributed by atoms with Crippen LogP contribution in [0.5, 0.6) is 11.5 Å².